The highest BCUT2D eigenvalue weighted by molar-refractivity contribution is 6.11. The van der Waals surface area contributed by atoms with Crippen molar-refractivity contribution in [2.45, 2.75) is 12.8 Å². The molecule has 0 amide bonds. The second kappa shape index (κ2) is 21.0. The van der Waals surface area contributed by atoms with E-state index in [9.17, 15) is 10.2 Å². The topological polar surface area (TPSA) is 77.4 Å². The third kappa shape index (κ3) is 9.35. The Morgan fingerprint density at radius 2 is 0.533 bits per heavy atom. The number of hydrogen-bond donors (Lipinski definition) is 2. The maximum absolute atomic E-state index is 10.1. The van der Waals surface area contributed by atoms with Crippen LogP contribution in [0.25, 0.3) is 86.9 Å². The molecule has 0 aliphatic heterocycles. The standard InChI is InChI=1S/C69H56O6/c70-39-41-72-61-35-31-49-17-3-9-27-57(49)65(61)67-59-29-11-5-19-51(59)33-37-63(67)74-45-69(43-53-23-13-21-47-15-1-7-25-55(47)53,44-54-24-14-22-48-16-2-8-26-56(48)54)46-75-64-38-34-52-20-6-12-30-60(52)68(64)66-58-28-10-4-18-50(58)32-36-62(66)73-42-40-71/h1-38,70-71H,39-46H2. The maximum atomic E-state index is 10.1. The summed E-state index contributed by atoms with van der Waals surface area (Å²) < 4.78 is 28.0. The van der Waals surface area contributed by atoms with Gasteiger partial charge in [0, 0.05) is 27.7 Å². The first kappa shape index (κ1) is 47.3. The van der Waals surface area contributed by atoms with Crippen LogP contribution in [0.4, 0.5) is 0 Å². The van der Waals surface area contributed by atoms with Crippen molar-refractivity contribution in [1.29, 1.82) is 0 Å². The molecule has 6 nitrogen and oxygen atoms in total. The molecule has 0 radical (unpaired) electrons. The van der Waals surface area contributed by atoms with Gasteiger partial charge in [-0.15, -0.1) is 0 Å². The molecule has 0 saturated heterocycles. The van der Waals surface area contributed by atoms with Crippen LogP contribution in [0.15, 0.2) is 231 Å². The second-order valence-corrected chi connectivity index (χ2v) is 19.5. The molecule has 12 rings (SSSR count). The molecule has 75 heavy (non-hydrogen) atoms. The van der Waals surface area contributed by atoms with Gasteiger partial charge < -0.3 is 29.2 Å². The zero-order valence-electron chi connectivity index (χ0n) is 41.6. The van der Waals surface area contributed by atoms with E-state index in [1.165, 1.54) is 32.7 Å². The predicted molar refractivity (Wildman–Crippen MR) is 308 cm³/mol. The molecule has 12 aromatic rings. The zero-order chi connectivity index (χ0) is 50.6. The zero-order valence-corrected chi connectivity index (χ0v) is 41.6. The first-order chi connectivity index (χ1) is 37.1. The summed E-state index contributed by atoms with van der Waals surface area (Å²) in [5.41, 5.74) is 5.34. The highest BCUT2D eigenvalue weighted by Crippen LogP contribution is 2.49. The number of aliphatic hydroxyl groups is 2. The summed E-state index contributed by atoms with van der Waals surface area (Å²) in [6.45, 7) is 0.592. The van der Waals surface area contributed by atoms with Crippen molar-refractivity contribution in [1.82, 2.24) is 0 Å². The van der Waals surface area contributed by atoms with Gasteiger partial charge in [0.05, 0.1) is 26.4 Å². The van der Waals surface area contributed by atoms with Crippen LogP contribution < -0.4 is 18.9 Å². The number of rotatable bonds is 18. The molecular weight excluding hydrogens is 925 g/mol. The summed E-state index contributed by atoms with van der Waals surface area (Å²) in [5, 5.41) is 33.2. The van der Waals surface area contributed by atoms with Crippen LogP contribution in [-0.2, 0) is 12.8 Å². The summed E-state index contributed by atoms with van der Waals surface area (Å²) in [4.78, 5) is 0. The fourth-order valence-electron chi connectivity index (χ4n) is 11.3. The fourth-order valence-corrected chi connectivity index (χ4v) is 11.3. The molecule has 0 spiro atoms. The normalized spacial score (nSPS) is 11.8. The Kier molecular flexibility index (Phi) is 13.3. The largest absolute Gasteiger partial charge is 0.492 e. The predicted octanol–water partition coefficient (Wildman–Crippen LogP) is 15.6. The molecule has 0 atom stereocenters. The first-order valence-electron chi connectivity index (χ1n) is 25.8. The van der Waals surface area contributed by atoms with Gasteiger partial charge in [0.15, 0.2) is 0 Å². The van der Waals surface area contributed by atoms with E-state index in [1.807, 2.05) is 12.1 Å². The molecule has 0 fully saturated rings. The van der Waals surface area contributed by atoms with E-state index in [4.69, 9.17) is 18.9 Å². The van der Waals surface area contributed by atoms with Crippen LogP contribution >= 0.6 is 0 Å². The van der Waals surface area contributed by atoms with Gasteiger partial charge in [0.25, 0.3) is 0 Å². The maximum Gasteiger partial charge on any atom is 0.128 e. The summed E-state index contributed by atoms with van der Waals surface area (Å²) >= 11 is 0. The lowest BCUT2D eigenvalue weighted by Gasteiger charge is -2.35. The summed E-state index contributed by atoms with van der Waals surface area (Å²) in [5.74, 6) is 2.77. The van der Waals surface area contributed by atoms with Crippen LogP contribution in [0.1, 0.15) is 11.1 Å². The van der Waals surface area contributed by atoms with Crippen LogP contribution in [0, 0.1) is 5.41 Å². The Labute approximate surface area is 436 Å². The average molecular weight is 981 g/mol. The summed E-state index contributed by atoms with van der Waals surface area (Å²) in [6.07, 6.45) is 1.23. The molecule has 0 heterocycles. The van der Waals surface area contributed by atoms with E-state index < -0.39 is 5.41 Å². The van der Waals surface area contributed by atoms with Gasteiger partial charge in [-0.1, -0.05) is 206 Å². The molecule has 0 bridgehead atoms. The van der Waals surface area contributed by atoms with E-state index >= 15 is 0 Å². The average Bonchev–Trinajstić information content (AvgIpc) is 3.46. The first-order valence-corrected chi connectivity index (χ1v) is 25.8. The SMILES string of the molecule is OCCOc1ccc2ccccc2c1-c1c(OCC(COc2ccc3ccccc3c2-c2c(OCCO)ccc3ccccc23)(Cc2cccc3ccccc23)Cc2cccc3ccccc23)ccc2ccccc12. The Morgan fingerprint density at radius 1 is 0.267 bits per heavy atom. The molecule has 0 aromatic heterocycles. The van der Waals surface area contributed by atoms with E-state index in [0.717, 1.165) is 65.3 Å². The summed E-state index contributed by atoms with van der Waals surface area (Å²) in [7, 11) is 0. The lowest BCUT2D eigenvalue weighted by atomic mass is 9.76. The minimum atomic E-state index is -0.718. The number of fused-ring (bicyclic) bond motifs is 6. The van der Waals surface area contributed by atoms with Crippen molar-refractivity contribution < 1.29 is 29.2 Å². The van der Waals surface area contributed by atoms with E-state index in [-0.39, 0.29) is 39.6 Å². The van der Waals surface area contributed by atoms with Crippen LogP contribution in [0.3, 0.4) is 0 Å². The van der Waals surface area contributed by atoms with Crippen molar-refractivity contribution >= 4 is 64.6 Å². The van der Waals surface area contributed by atoms with Gasteiger partial charge in [-0.2, -0.15) is 0 Å². The molecule has 2 N–H and O–H groups in total. The number of aliphatic hydroxyl groups excluding tert-OH is 2. The highest BCUT2D eigenvalue weighted by atomic mass is 16.5. The van der Waals surface area contributed by atoms with Gasteiger partial charge in [-0.05, 0) is 113 Å². The molecule has 0 saturated carbocycles. The molecule has 6 heteroatoms. The Hall–Kier alpha value is -8.68. The lowest BCUT2D eigenvalue weighted by molar-refractivity contribution is 0.0790. The smallest absolute Gasteiger partial charge is 0.128 e. The van der Waals surface area contributed by atoms with Crippen molar-refractivity contribution in [2.24, 2.45) is 5.41 Å². The highest BCUT2D eigenvalue weighted by Gasteiger charge is 2.36. The van der Waals surface area contributed by atoms with Crippen molar-refractivity contribution in [3.05, 3.63) is 242 Å². The number of ether oxygens (including phenoxy) is 4. The fraction of sp³-hybridized carbons (Fsp3) is 0.130. The van der Waals surface area contributed by atoms with Gasteiger partial charge in [0.2, 0.25) is 0 Å². The quantitative estimate of drug-likeness (QED) is 0.0892. The van der Waals surface area contributed by atoms with Gasteiger partial charge in [-0.3, -0.25) is 0 Å². The van der Waals surface area contributed by atoms with Gasteiger partial charge in [-0.25, -0.2) is 0 Å². The van der Waals surface area contributed by atoms with Crippen molar-refractivity contribution in [3.63, 3.8) is 0 Å². The Bertz CT molecular complexity index is 3760. The molecule has 368 valence electrons. The molecular formula is C69H56O6. The van der Waals surface area contributed by atoms with Crippen LogP contribution in [0.5, 0.6) is 23.0 Å². The van der Waals surface area contributed by atoms with E-state index in [2.05, 4.69) is 218 Å². The second-order valence-electron chi connectivity index (χ2n) is 19.5. The molecule has 0 aliphatic rings. The van der Waals surface area contributed by atoms with Crippen LogP contribution in [-0.4, -0.2) is 49.9 Å². The Morgan fingerprint density at radius 3 is 0.853 bits per heavy atom. The minimum absolute atomic E-state index is 0.119. The third-order valence-corrected chi connectivity index (χ3v) is 14.7. The monoisotopic (exact) mass is 980 g/mol. The van der Waals surface area contributed by atoms with Gasteiger partial charge in [0.1, 0.15) is 36.2 Å². The van der Waals surface area contributed by atoms with Crippen molar-refractivity contribution in [2.75, 3.05) is 39.6 Å². The van der Waals surface area contributed by atoms with Crippen LogP contribution in [0.2, 0.25) is 0 Å². The molecule has 0 aliphatic carbocycles. The minimum Gasteiger partial charge on any atom is -0.492 e. The number of hydrogen-bond acceptors (Lipinski definition) is 6. The Balaban J connectivity index is 1.07. The molecule has 12 aromatic carbocycles. The molecule has 0 unspecified atom stereocenters. The third-order valence-electron chi connectivity index (χ3n) is 14.7. The lowest BCUT2D eigenvalue weighted by Crippen LogP contribution is -2.39. The van der Waals surface area contributed by atoms with Gasteiger partial charge >= 0.3 is 0 Å². The van der Waals surface area contributed by atoms with Crippen molar-refractivity contribution in [3.8, 4) is 45.3 Å². The van der Waals surface area contributed by atoms with E-state index in [0.29, 0.717) is 35.8 Å². The van der Waals surface area contributed by atoms with E-state index in [1.54, 1.807) is 0 Å². The summed E-state index contributed by atoms with van der Waals surface area (Å²) in [6, 6.07) is 80.7. The number of benzene rings is 12.